The Hall–Kier alpha value is -0.520. The molecule has 100 valence electrons. The number of hydrogen-bond donors (Lipinski definition) is 1. The lowest BCUT2D eigenvalue weighted by atomic mass is 10.4. The number of nitrogens with one attached hydrogen (secondary N) is 1. The fourth-order valence-electron chi connectivity index (χ4n) is 1.24. The van der Waals surface area contributed by atoms with Gasteiger partial charge in [0.25, 0.3) is 0 Å². The maximum Gasteiger partial charge on any atom is 0.220 e. The van der Waals surface area contributed by atoms with E-state index in [0.717, 1.165) is 4.90 Å². The van der Waals surface area contributed by atoms with Crippen molar-refractivity contribution in [2.45, 2.75) is 11.3 Å². The zero-order valence-corrected chi connectivity index (χ0v) is 12.5. The molecule has 0 heterocycles. The average Bonchev–Trinajstić information content (AvgIpc) is 2.31. The minimum absolute atomic E-state index is 0.0139. The Morgan fingerprint density at radius 3 is 2.83 bits per heavy atom. The van der Waals surface area contributed by atoms with Crippen LogP contribution in [0.5, 0.6) is 0 Å². The van der Waals surface area contributed by atoms with E-state index in [1.54, 1.807) is 18.0 Å². The third-order valence-corrected chi connectivity index (χ3v) is 4.43. The molecule has 0 saturated carbocycles. The summed E-state index contributed by atoms with van der Waals surface area (Å²) in [4.78, 5) is 12.4. The molecule has 0 aliphatic carbocycles. The summed E-state index contributed by atoms with van der Waals surface area (Å²) in [7, 11) is -0.858. The number of halogens is 1. The maximum atomic E-state index is 11.4. The molecule has 0 aliphatic rings. The third-order valence-electron chi connectivity index (χ3n) is 2.14. The van der Waals surface area contributed by atoms with Gasteiger partial charge in [-0.3, -0.25) is 9.00 Å². The molecule has 6 heteroatoms. The van der Waals surface area contributed by atoms with E-state index in [1.165, 1.54) is 0 Å². The van der Waals surface area contributed by atoms with E-state index in [2.05, 4.69) is 5.32 Å². The summed E-state index contributed by atoms with van der Waals surface area (Å²) in [6.07, 6.45) is 2.06. The monoisotopic (exact) mass is 305 g/mol. The van der Waals surface area contributed by atoms with Crippen LogP contribution >= 0.6 is 23.4 Å². The second-order valence-corrected chi connectivity index (χ2v) is 6.75. The minimum atomic E-state index is -0.858. The Labute approximate surface area is 119 Å². The second-order valence-electron chi connectivity index (χ2n) is 3.66. The average molecular weight is 306 g/mol. The number of benzene rings is 1. The molecule has 1 amide bonds. The molecule has 3 nitrogen and oxygen atoms in total. The zero-order valence-electron chi connectivity index (χ0n) is 10.1. The predicted octanol–water partition coefficient (Wildman–Crippen LogP) is 2.32. The first-order chi connectivity index (χ1) is 8.59. The van der Waals surface area contributed by atoms with Gasteiger partial charge in [0.15, 0.2) is 0 Å². The summed E-state index contributed by atoms with van der Waals surface area (Å²) in [5.74, 6) is 1.17. The molecule has 0 saturated heterocycles. The standard InChI is InChI=1S/C12H16ClNO2S2/c1-18(16)9-7-14-12(15)6-8-17-11-5-3-2-4-10(11)13/h2-5H,6-9H2,1H3,(H,14,15). The lowest BCUT2D eigenvalue weighted by Gasteiger charge is -2.05. The largest absolute Gasteiger partial charge is 0.355 e. The van der Waals surface area contributed by atoms with Crippen LogP contribution in [0.2, 0.25) is 5.02 Å². The van der Waals surface area contributed by atoms with Gasteiger partial charge in [-0.25, -0.2) is 0 Å². The number of carbonyl (C=O) groups is 1. The summed E-state index contributed by atoms with van der Waals surface area (Å²) in [5, 5.41) is 3.45. The predicted molar refractivity (Wildman–Crippen MR) is 78.7 cm³/mol. The highest BCUT2D eigenvalue weighted by molar-refractivity contribution is 7.99. The smallest absolute Gasteiger partial charge is 0.220 e. The van der Waals surface area contributed by atoms with Crippen molar-refractivity contribution in [1.82, 2.24) is 5.32 Å². The molecule has 1 atom stereocenters. The first-order valence-corrected chi connectivity index (χ1v) is 8.62. The number of amides is 1. The van der Waals surface area contributed by atoms with Gasteiger partial charge < -0.3 is 5.32 Å². The minimum Gasteiger partial charge on any atom is -0.355 e. The van der Waals surface area contributed by atoms with E-state index in [0.29, 0.717) is 29.5 Å². The van der Waals surface area contributed by atoms with Crippen LogP contribution in [0.25, 0.3) is 0 Å². The quantitative estimate of drug-likeness (QED) is 0.786. The highest BCUT2D eigenvalue weighted by Crippen LogP contribution is 2.26. The van der Waals surface area contributed by atoms with Gasteiger partial charge in [0, 0.05) is 46.4 Å². The Bertz CT molecular complexity index is 426. The number of hydrogen-bond acceptors (Lipinski definition) is 3. The van der Waals surface area contributed by atoms with Crippen LogP contribution in [0.3, 0.4) is 0 Å². The maximum absolute atomic E-state index is 11.4. The van der Waals surface area contributed by atoms with Crippen LogP contribution < -0.4 is 5.32 Å². The molecule has 1 aromatic rings. The number of rotatable bonds is 7. The van der Waals surface area contributed by atoms with Gasteiger partial charge in [-0.15, -0.1) is 11.8 Å². The van der Waals surface area contributed by atoms with Gasteiger partial charge in [0.1, 0.15) is 0 Å². The van der Waals surface area contributed by atoms with E-state index in [-0.39, 0.29) is 5.91 Å². The van der Waals surface area contributed by atoms with Gasteiger partial charge in [-0.05, 0) is 12.1 Å². The number of carbonyl (C=O) groups excluding carboxylic acids is 1. The van der Waals surface area contributed by atoms with E-state index >= 15 is 0 Å². The SMILES string of the molecule is CS(=O)CCNC(=O)CCSc1ccccc1Cl. The van der Waals surface area contributed by atoms with E-state index < -0.39 is 10.8 Å². The Kier molecular flexibility index (Phi) is 7.39. The molecule has 0 aliphatic heterocycles. The molecule has 18 heavy (non-hydrogen) atoms. The Morgan fingerprint density at radius 1 is 1.44 bits per heavy atom. The fourth-order valence-corrected chi connectivity index (χ4v) is 2.82. The fraction of sp³-hybridized carbons (Fsp3) is 0.417. The van der Waals surface area contributed by atoms with E-state index in [4.69, 9.17) is 11.6 Å². The molecule has 0 spiro atoms. The normalized spacial score (nSPS) is 12.1. The van der Waals surface area contributed by atoms with Gasteiger partial charge in [0.2, 0.25) is 5.91 Å². The van der Waals surface area contributed by atoms with E-state index in [9.17, 15) is 9.00 Å². The van der Waals surface area contributed by atoms with Crippen molar-refractivity contribution in [3.63, 3.8) is 0 Å². The van der Waals surface area contributed by atoms with Crippen molar-refractivity contribution in [2.75, 3.05) is 24.3 Å². The Balaban J connectivity index is 2.20. The van der Waals surface area contributed by atoms with E-state index in [1.807, 2.05) is 24.3 Å². The van der Waals surface area contributed by atoms with Crippen molar-refractivity contribution >= 4 is 40.1 Å². The van der Waals surface area contributed by atoms with Crippen molar-refractivity contribution in [3.8, 4) is 0 Å². The molecule has 0 fully saturated rings. The summed E-state index contributed by atoms with van der Waals surface area (Å²) in [6.45, 7) is 0.471. The topological polar surface area (TPSA) is 46.2 Å². The highest BCUT2D eigenvalue weighted by atomic mass is 35.5. The molecule has 1 aromatic carbocycles. The second kappa shape index (κ2) is 8.56. The van der Waals surface area contributed by atoms with Crippen molar-refractivity contribution < 1.29 is 9.00 Å². The summed E-state index contributed by atoms with van der Waals surface area (Å²) >= 11 is 7.57. The summed E-state index contributed by atoms with van der Waals surface area (Å²) < 4.78 is 10.8. The highest BCUT2D eigenvalue weighted by Gasteiger charge is 2.04. The van der Waals surface area contributed by atoms with Crippen LogP contribution in [-0.2, 0) is 15.6 Å². The van der Waals surface area contributed by atoms with Crippen LogP contribution in [-0.4, -0.2) is 34.4 Å². The lowest BCUT2D eigenvalue weighted by Crippen LogP contribution is -2.27. The van der Waals surface area contributed by atoms with Crippen LogP contribution in [0.1, 0.15) is 6.42 Å². The van der Waals surface area contributed by atoms with Crippen molar-refractivity contribution in [2.24, 2.45) is 0 Å². The Morgan fingerprint density at radius 2 is 2.17 bits per heavy atom. The first kappa shape index (κ1) is 15.5. The summed E-state index contributed by atoms with van der Waals surface area (Å²) in [6, 6.07) is 7.57. The molecule has 0 radical (unpaired) electrons. The van der Waals surface area contributed by atoms with Crippen LogP contribution in [0.4, 0.5) is 0 Å². The molecule has 1 N–H and O–H groups in total. The summed E-state index contributed by atoms with van der Waals surface area (Å²) in [5.41, 5.74) is 0. The van der Waals surface area contributed by atoms with Crippen LogP contribution in [0, 0.1) is 0 Å². The molecule has 0 bridgehead atoms. The van der Waals surface area contributed by atoms with Gasteiger partial charge in [0.05, 0.1) is 5.02 Å². The molecular formula is C12H16ClNO2S2. The molecule has 1 unspecified atom stereocenters. The molecule has 0 aromatic heterocycles. The lowest BCUT2D eigenvalue weighted by molar-refractivity contribution is -0.120. The third kappa shape index (κ3) is 6.42. The van der Waals surface area contributed by atoms with Gasteiger partial charge >= 0.3 is 0 Å². The van der Waals surface area contributed by atoms with Crippen LogP contribution in [0.15, 0.2) is 29.2 Å². The van der Waals surface area contributed by atoms with Gasteiger partial charge in [-0.2, -0.15) is 0 Å². The zero-order chi connectivity index (χ0) is 13.4. The van der Waals surface area contributed by atoms with Crippen molar-refractivity contribution in [1.29, 1.82) is 0 Å². The number of thioether (sulfide) groups is 1. The first-order valence-electron chi connectivity index (χ1n) is 5.53. The molecule has 1 rings (SSSR count). The van der Waals surface area contributed by atoms with Gasteiger partial charge in [-0.1, -0.05) is 23.7 Å². The molecular weight excluding hydrogens is 290 g/mol. The van der Waals surface area contributed by atoms with Crippen molar-refractivity contribution in [3.05, 3.63) is 29.3 Å².